The predicted octanol–water partition coefficient (Wildman–Crippen LogP) is 1.44. The quantitative estimate of drug-likeness (QED) is 0.771. The van der Waals surface area contributed by atoms with Crippen molar-refractivity contribution in [1.29, 1.82) is 0 Å². The van der Waals surface area contributed by atoms with Gasteiger partial charge in [-0.05, 0) is 12.0 Å². The van der Waals surface area contributed by atoms with Gasteiger partial charge in [-0.2, -0.15) is 0 Å². The Morgan fingerprint density at radius 3 is 2.79 bits per heavy atom. The molecule has 1 aromatic rings. The van der Waals surface area contributed by atoms with Gasteiger partial charge in [-0.25, -0.2) is 9.59 Å². The van der Waals surface area contributed by atoms with Crippen LogP contribution in [-0.2, 0) is 28.7 Å². The Hall–Kier alpha value is -2.02. The van der Waals surface area contributed by atoms with E-state index in [-0.39, 0.29) is 12.5 Å². The van der Waals surface area contributed by atoms with Crippen molar-refractivity contribution >= 4 is 29.6 Å². The lowest BCUT2D eigenvalue weighted by Gasteiger charge is -2.33. The molecule has 0 aromatic heterocycles. The smallest absolute Gasteiger partial charge is 0.347 e. The monoisotopic (exact) mass is 347 g/mol. The number of thioether (sulfide) groups is 1. The van der Waals surface area contributed by atoms with Crippen LogP contribution in [-0.4, -0.2) is 47.3 Å². The number of hydrogen-bond donors (Lipinski definition) is 0. The zero-order valence-electron chi connectivity index (χ0n) is 13.0. The van der Waals surface area contributed by atoms with Gasteiger partial charge in [0.25, 0.3) is 0 Å². The summed E-state index contributed by atoms with van der Waals surface area (Å²) in [5.74, 6) is -0.586. The lowest BCUT2D eigenvalue weighted by molar-refractivity contribution is -0.165. The maximum Gasteiger partial charge on any atom is 0.347 e. The molecule has 3 atom stereocenters. The standard InChI is InChI=1S/C17H17NO5S/c19-14-6-8-17(11-4-2-1-3-5-11)18(14)12(10-24-17)15(20)23-13-7-9-22-16(13)21/h1-5,12-13H,6-10H2/t12-,13+,17-/m0/s1. The topological polar surface area (TPSA) is 72.9 Å². The van der Waals surface area contributed by atoms with Crippen molar-refractivity contribution in [2.45, 2.75) is 36.3 Å². The number of nitrogens with zero attached hydrogens (tertiary/aromatic N) is 1. The van der Waals surface area contributed by atoms with Crippen molar-refractivity contribution in [2.75, 3.05) is 12.4 Å². The highest BCUT2D eigenvalue weighted by atomic mass is 32.2. The average Bonchev–Trinajstić information content (AvgIpc) is 3.26. The third-order valence-corrected chi connectivity index (χ3v) is 6.37. The molecule has 3 aliphatic rings. The third-order valence-electron chi connectivity index (χ3n) is 4.77. The summed E-state index contributed by atoms with van der Waals surface area (Å²) >= 11 is 1.60. The molecule has 7 heteroatoms. The van der Waals surface area contributed by atoms with Crippen LogP contribution in [0.2, 0.25) is 0 Å². The molecule has 0 saturated carbocycles. The van der Waals surface area contributed by atoms with E-state index in [4.69, 9.17) is 9.47 Å². The van der Waals surface area contributed by atoms with Gasteiger partial charge in [0.1, 0.15) is 10.9 Å². The zero-order valence-corrected chi connectivity index (χ0v) is 13.8. The number of carbonyl (C=O) groups excluding carboxylic acids is 3. The highest BCUT2D eigenvalue weighted by Crippen LogP contribution is 2.54. The van der Waals surface area contributed by atoms with E-state index in [1.807, 2.05) is 30.3 Å². The molecule has 126 valence electrons. The molecule has 4 rings (SSSR count). The van der Waals surface area contributed by atoms with Gasteiger partial charge in [-0.15, -0.1) is 11.8 Å². The van der Waals surface area contributed by atoms with Crippen LogP contribution in [0.25, 0.3) is 0 Å². The van der Waals surface area contributed by atoms with Crippen LogP contribution in [0.1, 0.15) is 24.8 Å². The maximum absolute atomic E-state index is 12.6. The number of benzene rings is 1. The summed E-state index contributed by atoms with van der Waals surface area (Å²) in [5.41, 5.74) is 1.02. The van der Waals surface area contributed by atoms with Crippen LogP contribution >= 0.6 is 11.8 Å². The number of ether oxygens (including phenoxy) is 2. The van der Waals surface area contributed by atoms with Crippen LogP contribution in [0.4, 0.5) is 0 Å². The third kappa shape index (κ3) is 2.30. The van der Waals surface area contributed by atoms with E-state index in [0.29, 0.717) is 25.0 Å². The van der Waals surface area contributed by atoms with Gasteiger partial charge in [0.05, 0.1) is 6.61 Å². The average molecular weight is 347 g/mol. The first-order valence-corrected chi connectivity index (χ1v) is 8.99. The predicted molar refractivity (Wildman–Crippen MR) is 85.9 cm³/mol. The SMILES string of the molecule is O=C1OCC[C@H]1OC(=O)[C@@H]1CS[C@]2(c3ccccc3)CCC(=O)N12. The molecule has 3 heterocycles. The van der Waals surface area contributed by atoms with Crippen molar-refractivity contribution < 1.29 is 23.9 Å². The van der Waals surface area contributed by atoms with Gasteiger partial charge in [-0.1, -0.05) is 30.3 Å². The minimum absolute atomic E-state index is 0.0419. The summed E-state index contributed by atoms with van der Waals surface area (Å²) in [6.07, 6.45) is 0.627. The van der Waals surface area contributed by atoms with Crippen molar-refractivity contribution in [2.24, 2.45) is 0 Å². The summed E-state index contributed by atoms with van der Waals surface area (Å²) in [6.45, 7) is 0.271. The first-order valence-electron chi connectivity index (χ1n) is 8.00. The van der Waals surface area contributed by atoms with E-state index >= 15 is 0 Å². The highest BCUT2D eigenvalue weighted by molar-refractivity contribution is 8.00. The second-order valence-corrected chi connectivity index (χ2v) is 7.42. The van der Waals surface area contributed by atoms with E-state index in [1.165, 1.54) is 0 Å². The molecule has 3 saturated heterocycles. The Bertz CT molecular complexity index is 693. The number of esters is 2. The largest absolute Gasteiger partial charge is 0.463 e. The maximum atomic E-state index is 12.6. The Balaban J connectivity index is 1.59. The number of cyclic esters (lactones) is 1. The van der Waals surface area contributed by atoms with Crippen LogP contribution in [0.3, 0.4) is 0 Å². The Morgan fingerprint density at radius 2 is 2.08 bits per heavy atom. The second-order valence-electron chi connectivity index (χ2n) is 6.12. The lowest BCUT2D eigenvalue weighted by atomic mass is 10.0. The Morgan fingerprint density at radius 1 is 1.29 bits per heavy atom. The minimum Gasteiger partial charge on any atom is -0.463 e. The van der Waals surface area contributed by atoms with Crippen molar-refractivity contribution in [1.82, 2.24) is 4.90 Å². The van der Waals surface area contributed by atoms with E-state index in [9.17, 15) is 14.4 Å². The molecule has 0 radical (unpaired) electrons. The first kappa shape index (κ1) is 15.5. The number of rotatable bonds is 3. The Kier molecular flexibility index (Phi) is 3.75. The fraction of sp³-hybridized carbons (Fsp3) is 0.471. The van der Waals surface area contributed by atoms with Crippen LogP contribution in [0, 0.1) is 0 Å². The summed E-state index contributed by atoms with van der Waals surface area (Å²) < 4.78 is 10.1. The molecule has 3 aliphatic heterocycles. The highest BCUT2D eigenvalue weighted by Gasteiger charge is 2.57. The molecule has 0 spiro atoms. The second kappa shape index (κ2) is 5.81. The summed E-state index contributed by atoms with van der Waals surface area (Å²) in [6, 6.07) is 9.12. The van der Waals surface area contributed by atoms with Crippen molar-refractivity contribution in [3.8, 4) is 0 Å². The van der Waals surface area contributed by atoms with Gasteiger partial charge in [0.2, 0.25) is 12.0 Å². The molecular weight excluding hydrogens is 330 g/mol. The Labute approximate surface area is 143 Å². The number of carbonyl (C=O) groups is 3. The molecule has 1 amide bonds. The van der Waals surface area contributed by atoms with Gasteiger partial charge >= 0.3 is 11.9 Å². The minimum atomic E-state index is -0.841. The molecule has 0 unspecified atom stereocenters. The van der Waals surface area contributed by atoms with Crippen molar-refractivity contribution in [3.63, 3.8) is 0 Å². The number of fused-ring (bicyclic) bond motifs is 1. The van der Waals surface area contributed by atoms with Gasteiger partial charge in [0.15, 0.2) is 0 Å². The molecule has 6 nitrogen and oxygen atoms in total. The molecule has 3 fully saturated rings. The molecule has 0 aliphatic carbocycles. The number of amides is 1. The normalized spacial score (nSPS) is 31.9. The van der Waals surface area contributed by atoms with E-state index in [2.05, 4.69) is 0 Å². The summed E-state index contributed by atoms with van der Waals surface area (Å²) in [7, 11) is 0. The fourth-order valence-electron chi connectivity index (χ4n) is 3.62. The van der Waals surface area contributed by atoms with Crippen LogP contribution in [0.5, 0.6) is 0 Å². The molecule has 0 N–H and O–H groups in total. The molecule has 0 bridgehead atoms. The van der Waals surface area contributed by atoms with Gasteiger partial charge in [0, 0.05) is 18.6 Å². The molecule has 24 heavy (non-hydrogen) atoms. The first-order chi connectivity index (χ1) is 11.6. The zero-order chi connectivity index (χ0) is 16.7. The summed E-state index contributed by atoms with van der Waals surface area (Å²) in [5, 5.41) is 0. The van der Waals surface area contributed by atoms with E-state index < -0.39 is 29.0 Å². The molecular formula is C17H17NO5S. The molecule has 1 aromatic carbocycles. The van der Waals surface area contributed by atoms with E-state index in [1.54, 1.807) is 16.7 Å². The van der Waals surface area contributed by atoms with Crippen LogP contribution in [0.15, 0.2) is 30.3 Å². The van der Waals surface area contributed by atoms with Crippen LogP contribution < -0.4 is 0 Å². The number of hydrogen-bond acceptors (Lipinski definition) is 6. The van der Waals surface area contributed by atoms with Gasteiger partial charge in [-0.3, -0.25) is 4.79 Å². The van der Waals surface area contributed by atoms with Crippen molar-refractivity contribution in [3.05, 3.63) is 35.9 Å². The van der Waals surface area contributed by atoms with Gasteiger partial charge < -0.3 is 14.4 Å². The fourth-order valence-corrected chi connectivity index (χ4v) is 5.26. The summed E-state index contributed by atoms with van der Waals surface area (Å²) in [4.78, 5) is 37.7. The van der Waals surface area contributed by atoms with E-state index in [0.717, 1.165) is 5.56 Å². The lowest BCUT2D eigenvalue weighted by Crippen LogP contribution is -2.47.